The molecule has 2 fully saturated rings. The van der Waals surface area contributed by atoms with Crippen molar-refractivity contribution in [2.24, 2.45) is 5.92 Å². The minimum Gasteiger partial charge on any atom is -0.406 e. The molecular weight excluding hydrogens is 407 g/mol. The molecule has 0 aromatic heterocycles. The van der Waals surface area contributed by atoms with Gasteiger partial charge in [-0.05, 0) is 68.3 Å². The maximum Gasteiger partial charge on any atom is 0.573 e. The van der Waals surface area contributed by atoms with Crippen molar-refractivity contribution in [2.45, 2.75) is 31.7 Å². The minimum absolute atomic E-state index is 0.211. The number of anilines is 1. The first-order chi connectivity index (χ1) is 13.8. The van der Waals surface area contributed by atoms with Crippen LogP contribution in [-0.2, 0) is 9.59 Å². The van der Waals surface area contributed by atoms with Gasteiger partial charge < -0.3 is 15.4 Å². The van der Waals surface area contributed by atoms with Gasteiger partial charge in [-0.25, -0.2) is 0 Å². The van der Waals surface area contributed by atoms with Crippen LogP contribution in [0.15, 0.2) is 24.3 Å². The maximum atomic E-state index is 12.1. The number of halogens is 3. The molecule has 1 atom stereocenters. The van der Waals surface area contributed by atoms with Gasteiger partial charge in [-0.3, -0.25) is 14.5 Å². The van der Waals surface area contributed by atoms with E-state index in [-0.39, 0.29) is 5.69 Å². The second kappa shape index (κ2) is 9.71. The molecule has 2 aliphatic heterocycles. The smallest absolute Gasteiger partial charge is 0.406 e. The summed E-state index contributed by atoms with van der Waals surface area (Å²) in [6.45, 7) is 2.48. The third-order valence-electron chi connectivity index (χ3n) is 5.17. The van der Waals surface area contributed by atoms with Crippen LogP contribution in [0.5, 0.6) is 5.75 Å². The molecule has 0 aliphatic carbocycles. The van der Waals surface area contributed by atoms with E-state index in [1.807, 2.05) is 11.8 Å². The number of rotatable bonds is 5. The lowest BCUT2D eigenvalue weighted by atomic mass is 9.95. The van der Waals surface area contributed by atoms with Gasteiger partial charge in [-0.2, -0.15) is 11.8 Å². The highest BCUT2D eigenvalue weighted by Gasteiger charge is 2.31. The second-order valence-corrected chi connectivity index (χ2v) is 8.38. The van der Waals surface area contributed by atoms with E-state index in [4.69, 9.17) is 0 Å². The minimum atomic E-state index is -4.78. The Balaban J connectivity index is 1.38. The normalized spacial score (nSPS) is 21.0. The van der Waals surface area contributed by atoms with Crippen molar-refractivity contribution in [1.29, 1.82) is 0 Å². The van der Waals surface area contributed by atoms with E-state index in [1.165, 1.54) is 30.1 Å². The third kappa shape index (κ3) is 6.81. The fourth-order valence-electron chi connectivity index (χ4n) is 3.58. The summed E-state index contributed by atoms with van der Waals surface area (Å²) in [5.41, 5.74) is 0.211. The first-order valence-corrected chi connectivity index (χ1v) is 10.7. The van der Waals surface area contributed by atoms with Crippen molar-refractivity contribution >= 4 is 29.3 Å². The van der Waals surface area contributed by atoms with E-state index in [1.54, 1.807) is 0 Å². The summed E-state index contributed by atoms with van der Waals surface area (Å²) in [6.07, 6.45) is -1.56. The molecule has 0 saturated carbocycles. The fourth-order valence-corrected chi connectivity index (χ4v) is 4.83. The molecule has 6 nitrogen and oxygen atoms in total. The molecule has 2 heterocycles. The van der Waals surface area contributed by atoms with Crippen molar-refractivity contribution in [2.75, 3.05) is 36.5 Å². The number of benzene rings is 1. The van der Waals surface area contributed by atoms with Crippen LogP contribution in [0, 0.1) is 5.92 Å². The molecule has 2 saturated heterocycles. The second-order valence-electron chi connectivity index (χ2n) is 7.23. The van der Waals surface area contributed by atoms with Gasteiger partial charge in [-0.15, -0.1) is 13.2 Å². The Bertz CT molecular complexity index is 701. The zero-order valence-corrected chi connectivity index (χ0v) is 16.7. The van der Waals surface area contributed by atoms with Crippen LogP contribution in [0.1, 0.15) is 19.3 Å². The lowest BCUT2D eigenvalue weighted by molar-refractivity contribution is -0.274. The highest BCUT2D eigenvalue weighted by molar-refractivity contribution is 7.99. The number of nitrogens with one attached hydrogen (secondary N) is 2. The van der Waals surface area contributed by atoms with Crippen molar-refractivity contribution in [1.82, 2.24) is 10.2 Å². The van der Waals surface area contributed by atoms with Gasteiger partial charge in [-0.1, -0.05) is 0 Å². The van der Waals surface area contributed by atoms with Crippen LogP contribution in [0.4, 0.5) is 18.9 Å². The van der Waals surface area contributed by atoms with Crippen molar-refractivity contribution in [3.8, 4) is 5.75 Å². The number of carbonyl (C=O) groups is 2. The number of thioether (sulfide) groups is 1. The molecule has 1 aromatic rings. The summed E-state index contributed by atoms with van der Waals surface area (Å²) in [4.78, 5) is 26.5. The lowest BCUT2D eigenvalue weighted by Gasteiger charge is -2.35. The molecule has 1 aromatic carbocycles. The number of nitrogens with zero attached hydrogens (tertiary/aromatic N) is 1. The molecule has 2 N–H and O–H groups in total. The summed E-state index contributed by atoms with van der Waals surface area (Å²) in [5, 5.41) is 5.02. The number of alkyl halides is 3. The van der Waals surface area contributed by atoms with Crippen molar-refractivity contribution in [3.05, 3.63) is 24.3 Å². The lowest BCUT2D eigenvalue weighted by Crippen LogP contribution is -2.45. The average molecular weight is 431 g/mol. The molecule has 0 spiro atoms. The number of carbonyl (C=O) groups excluding carboxylic acids is 2. The molecule has 10 heteroatoms. The van der Waals surface area contributed by atoms with Gasteiger partial charge in [0.05, 0.1) is 0 Å². The van der Waals surface area contributed by atoms with Crippen LogP contribution in [-0.4, -0.2) is 60.3 Å². The maximum absolute atomic E-state index is 12.1. The third-order valence-corrected chi connectivity index (χ3v) is 6.32. The Labute approximate surface area is 171 Å². The Morgan fingerprint density at radius 1 is 1.10 bits per heavy atom. The predicted octanol–water partition coefficient (Wildman–Crippen LogP) is 2.86. The molecule has 2 aliphatic rings. The van der Waals surface area contributed by atoms with E-state index in [2.05, 4.69) is 20.3 Å². The SMILES string of the molecule is O=C(NCC1CCN([C@@H]2CCSC2)CC1)C(=O)Nc1ccc(OC(F)(F)F)cc1. The van der Waals surface area contributed by atoms with Crippen LogP contribution in [0.25, 0.3) is 0 Å². The topological polar surface area (TPSA) is 70.7 Å². The molecule has 2 amide bonds. The fraction of sp³-hybridized carbons (Fsp3) is 0.579. The van der Waals surface area contributed by atoms with E-state index in [0.717, 1.165) is 38.1 Å². The number of amides is 2. The van der Waals surface area contributed by atoms with Crippen LogP contribution in [0.2, 0.25) is 0 Å². The molecular formula is C19H24F3N3O3S. The number of hydrogen-bond donors (Lipinski definition) is 2. The zero-order valence-electron chi connectivity index (χ0n) is 15.8. The van der Waals surface area contributed by atoms with Gasteiger partial charge in [0.15, 0.2) is 0 Å². The summed E-state index contributed by atoms with van der Waals surface area (Å²) in [6, 6.07) is 5.29. The monoisotopic (exact) mass is 431 g/mol. The Hall–Kier alpha value is -1.94. The largest absolute Gasteiger partial charge is 0.573 e. The average Bonchev–Trinajstić information content (AvgIpc) is 3.21. The summed E-state index contributed by atoms with van der Waals surface area (Å²) in [7, 11) is 0. The highest BCUT2D eigenvalue weighted by Crippen LogP contribution is 2.27. The Kier molecular flexibility index (Phi) is 7.28. The summed E-state index contributed by atoms with van der Waals surface area (Å²) in [5.74, 6) is 0.766. The standard InChI is InChI=1S/C19H24F3N3O3S/c20-19(21,22)28-16-3-1-14(2-4-16)24-18(27)17(26)23-11-13-5-8-25(9-6-13)15-7-10-29-12-15/h1-4,13,15H,5-12H2,(H,23,26)(H,24,27)/t15-/m1/s1. The van der Waals surface area contributed by atoms with Crippen LogP contribution >= 0.6 is 11.8 Å². The number of ether oxygens (including phenoxy) is 1. The van der Waals surface area contributed by atoms with Gasteiger partial charge >= 0.3 is 18.2 Å². The van der Waals surface area contributed by atoms with Crippen LogP contribution in [0.3, 0.4) is 0 Å². The van der Waals surface area contributed by atoms with Gasteiger partial charge in [0.2, 0.25) is 0 Å². The van der Waals surface area contributed by atoms with E-state index in [0.29, 0.717) is 18.5 Å². The van der Waals surface area contributed by atoms with E-state index >= 15 is 0 Å². The van der Waals surface area contributed by atoms with Gasteiger partial charge in [0.25, 0.3) is 0 Å². The predicted molar refractivity (Wildman–Crippen MR) is 105 cm³/mol. The highest BCUT2D eigenvalue weighted by atomic mass is 32.2. The Morgan fingerprint density at radius 2 is 1.79 bits per heavy atom. The zero-order chi connectivity index (χ0) is 20.9. The molecule has 160 valence electrons. The van der Waals surface area contributed by atoms with Gasteiger partial charge in [0.1, 0.15) is 5.75 Å². The molecule has 0 unspecified atom stereocenters. The van der Waals surface area contributed by atoms with Crippen molar-refractivity contribution < 1.29 is 27.5 Å². The number of piperidine rings is 1. The van der Waals surface area contributed by atoms with Crippen LogP contribution < -0.4 is 15.4 Å². The molecule has 0 radical (unpaired) electrons. The molecule has 3 rings (SSSR count). The number of hydrogen-bond acceptors (Lipinski definition) is 5. The first-order valence-electron chi connectivity index (χ1n) is 9.57. The van der Waals surface area contributed by atoms with E-state index in [9.17, 15) is 22.8 Å². The molecule has 0 bridgehead atoms. The molecule has 29 heavy (non-hydrogen) atoms. The quantitative estimate of drug-likeness (QED) is 0.702. The summed E-state index contributed by atoms with van der Waals surface area (Å²) < 4.78 is 40.2. The van der Waals surface area contributed by atoms with E-state index < -0.39 is 23.9 Å². The Morgan fingerprint density at radius 3 is 2.38 bits per heavy atom. The number of likely N-dealkylation sites (tertiary alicyclic amines) is 1. The van der Waals surface area contributed by atoms with Gasteiger partial charge in [0, 0.05) is 24.0 Å². The first kappa shape index (κ1) is 21.8. The summed E-state index contributed by atoms with van der Waals surface area (Å²) >= 11 is 2.00. The van der Waals surface area contributed by atoms with Crippen molar-refractivity contribution in [3.63, 3.8) is 0 Å².